The van der Waals surface area contributed by atoms with Crippen molar-refractivity contribution in [2.24, 2.45) is 0 Å². The molecule has 1 aromatic heterocycles. The van der Waals surface area contributed by atoms with Crippen LogP contribution >= 0.6 is 0 Å². The van der Waals surface area contributed by atoms with Crippen molar-refractivity contribution >= 4 is 5.91 Å². The number of nitrogens with one attached hydrogen (secondary N) is 1. The number of rotatable bonds is 5. The number of hydrogen-bond acceptors (Lipinski definition) is 4. The molecule has 5 nitrogen and oxygen atoms in total. The molecule has 0 aliphatic heterocycles. The third-order valence-electron chi connectivity index (χ3n) is 2.07. The number of hydrogen-bond donors (Lipinski definition) is 3. The molecule has 1 unspecified atom stereocenters. The summed E-state index contributed by atoms with van der Waals surface area (Å²) in [5.74, 6) is -0.229. The molecule has 5 heteroatoms. The average molecular weight is 224 g/mol. The molecular weight excluding hydrogens is 208 g/mol. The van der Waals surface area contributed by atoms with Crippen molar-refractivity contribution in [2.45, 2.75) is 18.9 Å². The van der Waals surface area contributed by atoms with Gasteiger partial charge in [0.15, 0.2) is 0 Å². The minimum Gasteiger partial charge on any atom is -0.393 e. The lowest BCUT2D eigenvalue weighted by atomic mass is 10.1. The van der Waals surface area contributed by atoms with Crippen LogP contribution in [-0.2, 0) is 11.2 Å². The summed E-state index contributed by atoms with van der Waals surface area (Å²) in [6.07, 6.45) is 1.79. The van der Waals surface area contributed by atoms with Gasteiger partial charge >= 0.3 is 0 Å². The summed E-state index contributed by atoms with van der Waals surface area (Å²) < 4.78 is 0. The van der Waals surface area contributed by atoms with Gasteiger partial charge in [-0.25, -0.2) is 0 Å². The highest BCUT2D eigenvalue weighted by atomic mass is 16.3. The van der Waals surface area contributed by atoms with Crippen LogP contribution in [0, 0.1) is 0 Å². The highest BCUT2D eigenvalue weighted by Gasteiger charge is 2.19. The molecule has 1 atom stereocenters. The highest BCUT2D eigenvalue weighted by Crippen LogP contribution is 1.99. The Hall–Kier alpha value is -1.46. The molecule has 0 spiro atoms. The second-order valence-electron chi connectivity index (χ2n) is 3.93. The molecule has 1 amide bonds. The molecule has 0 bridgehead atoms. The smallest absolute Gasteiger partial charge is 0.226 e. The predicted molar refractivity (Wildman–Crippen MR) is 58.7 cm³/mol. The van der Waals surface area contributed by atoms with Gasteiger partial charge < -0.3 is 15.5 Å². The molecule has 0 aliphatic carbocycles. The summed E-state index contributed by atoms with van der Waals surface area (Å²) in [4.78, 5) is 15.4. The van der Waals surface area contributed by atoms with Crippen molar-refractivity contribution in [1.29, 1.82) is 0 Å². The Morgan fingerprint density at radius 3 is 2.88 bits per heavy atom. The second kappa shape index (κ2) is 5.58. The van der Waals surface area contributed by atoms with Gasteiger partial charge in [0.05, 0.1) is 13.0 Å². The van der Waals surface area contributed by atoms with Crippen molar-refractivity contribution in [2.75, 3.05) is 13.2 Å². The number of carbonyl (C=O) groups excluding carboxylic acids is 1. The molecule has 0 aliphatic rings. The molecule has 3 N–H and O–H groups in total. The van der Waals surface area contributed by atoms with Crippen LogP contribution < -0.4 is 5.32 Å². The number of carbonyl (C=O) groups is 1. The molecule has 16 heavy (non-hydrogen) atoms. The minimum atomic E-state index is -1.28. The fourth-order valence-corrected chi connectivity index (χ4v) is 1.07. The van der Waals surface area contributed by atoms with Crippen molar-refractivity contribution in [3.8, 4) is 0 Å². The molecule has 0 aromatic carbocycles. The zero-order valence-electron chi connectivity index (χ0n) is 9.18. The van der Waals surface area contributed by atoms with Gasteiger partial charge in [0, 0.05) is 18.4 Å². The molecular formula is C11H16N2O3. The fraction of sp³-hybridized carbons (Fsp3) is 0.455. The summed E-state index contributed by atoms with van der Waals surface area (Å²) in [5, 5.41) is 20.8. The molecule has 0 saturated heterocycles. The molecule has 0 fully saturated rings. The van der Waals surface area contributed by atoms with E-state index in [2.05, 4.69) is 10.3 Å². The first-order valence-corrected chi connectivity index (χ1v) is 5.03. The van der Waals surface area contributed by atoms with Gasteiger partial charge in [0.25, 0.3) is 0 Å². The quantitative estimate of drug-likeness (QED) is 0.628. The highest BCUT2D eigenvalue weighted by molar-refractivity contribution is 5.78. The van der Waals surface area contributed by atoms with E-state index in [9.17, 15) is 9.90 Å². The van der Waals surface area contributed by atoms with Crippen molar-refractivity contribution < 1.29 is 15.0 Å². The summed E-state index contributed by atoms with van der Waals surface area (Å²) in [5.41, 5.74) is -0.608. The van der Waals surface area contributed by atoms with E-state index in [0.29, 0.717) is 5.69 Å². The Balaban J connectivity index is 2.38. The maximum absolute atomic E-state index is 11.4. The first-order chi connectivity index (χ1) is 7.53. The third kappa shape index (κ3) is 4.37. The maximum atomic E-state index is 11.4. The Morgan fingerprint density at radius 2 is 2.31 bits per heavy atom. The van der Waals surface area contributed by atoms with Gasteiger partial charge in [0.1, 0.15) is 5.60 Å². The van der Waals surface area contributed by atoms with Gasteiger partial charge in [-0.15, -0.1) is 0 Å². The Labute approximate surface area is 94.1 Å². The summed E-state index contributed by atoms with van der Waals surface area (Å²) in [6, 6.07) is 5.33. The fourth-order valence-electron chi connectivity index (χ4n) is 1.07. The second-order valence-corrected chi connectivity index (χ2v) is 3.93. The molecule has 1 rings (SSSR count). The maximum Gasteiger partial charge on any atom is 0.226 e. The van der Waals surface area contributed by atoms with Crippen molar-refractivity contribution in [1.82, 2.24) is 10.3 Å². The summed E-state index contributed by atoms with van der Waals surface area (Å²) in [6.45, 7) is 1.08. The van der Waals surface area contributed by atoms with E-state index >= 15 is 0 Å². The SMILES string of the molecule is CC(O)(CO)CNC(=O)Cc1ccccn1. The lowest BCUT2D eigenvalue weighted by Crippen LogP contribution is -2.43. The molecule has 0 radical (unpaired) electrons. The summed E-state index contributed by atoms with van der Waals surface area (Å²) in [7, 11) is 0. The van der Waals surface area contributed by atoms with Crippen LogP contribution in [0.25, 0.3) is 0 Å². The van der Waals surface area contributed by atoms with Crippen LogP contribution in [0.2, 0.25) is 0 Å². The Kier molecular flexibility index (Phi) is 4.39. The minimum absolute atomic E-state index is 0.0230. The monoisotopic (exact) mass is 224 g/mol. The van der Waals surface area contributed by atoms with Gasteiger partial charge in [-0.1, -0.05) is 6.07 Å². The number of aliphatic hydroxyl groups is 2. The van der Waals surface area contributed by atoms with Crippen molar-refractivity contribution in [3.63, 3.8) is 0 Å². The normalized spacial score (nSPS) is 14.2. The van der Waals surface area contributed by atoms with Crippen LogP contribution in [0.15, 0.2) is 24.4 Å². The van der Waals surface area contributed by atoms with Crippen LogP contribution in [0.5, 0.6) is 0 Å². The topological polar surface area (TPSA) is 82.5 Å². The van der Waals surface area contributed by atoms with Crippen LogP contribution in [0.1, 0.15) is 12.6 Å². The molecule has 1 heterocycles. The van der Waals surface area contributed by atoms with E-state index in [0.717, 1.165) is 0 Å². The molecule has 0 saturated carbocycles. The first kappa shape index (κ1) is 12.6. The number of aliphatic hydroxyl groups excluding tert-OH is 1. The zero-order chi connectivity index (χ0) is 12.0. The van der Waals surface area contributed by atoms with Crippen molar-refractivity contribution in [3.05, 3.63) is 30.1 Å². The van der Waals surface area contributed by atoms with Crippen LogP contribution in [0.4, 0.5) is 0 Å². The van der Waals surface area contributed by atoms with Crippen LogP contribution in [-0.4, -0.2) is 39.9 Å². The van der Waals surface area contributed by atoms with E-state index in [-0.39, 0.29) is 18.9 Å². The molecule has 1 aromatic rings. The van der Waals surface area contributed by atoms with E-state index in [1.165, 1.54) is 6.92 Å². The number of nitrogens with zero attached hydrogens (tertiary/aromatic N) is 1. The van der Waals surface area contributed by atoms with Gasteiger partial charge in [-0.2, -0.15) is 0 Å². The van der Waals surface area contributed by atoms with E-state index < -0.39 is 12.2 Å². The van der Waals surface area contributed by atoms with Gasteiger partial charge in [-0.05, 0) is 19.1 Å². The largest absolute Gasteiger partial charge is 0.393 e. The zero-order valence-corrected chi connectivity index (χ0v) is 9.18. The molecule has 88 valence electrons. The van der Waals surface area contributed by atoms with E-state index in [1.807, 2.05) is 0 Å². The van der Waals surface area contributed by atoms with E-state index in [4.69, 9.17) is 5.11 Å². The van der Waals surface area contributed by atoms with Crippen LogP contribution in [0.3, 0.4) is 0 Å². The first-order valence-electron chi connectivity index (χ1n) is 5.03. The van der Waals surface area contributed by atoms with Gasteiger partial charge in [0.2, 0.25) is 5.91 Å². The predicted octanol–water partition coefficient (Wildman–Crippen LogP) is -0.516. The third-order valence-corrected chi connectivity index (χ3v) is 2.07. The van der Waals surface area contributed by atoms with Gasteiger partial charge in [-0.3, -0.25) is 9.78 Å². The average Bonchev–Trinajstić information content (AvgIpc) is 2.28. The number of aromatic nitrogens is 1. The lowest BCUT2D eigenvalue weighted by molar-refractivity contribution is -0.122. The number of amides is 1. The Bertz CT molecular complexity index is 338. The Morgan fingerprint density at radius 1 is 1.56 bits per heavy atom. The number of pyridine rings is 1. The van der Waals surface area contributed by atoms with E-state index in [1.54, 1.807) is 24.4 Å². The summed E-state index contributed by atoms with van der Waals surface area (Å²) >= 11 is 0. The standard InChI is InChI=1S/C11H16N2O3/c1-11(16,8-14)7-13-10(15)6-9-4-2-3-5-12-9/h2-5,14,16H,6-8H2,1H3,(H,13,15). The lowest BCUT2D eigenvalue weighted by Gasteiger charge is -2.20.